The maximum atomic E-state index is 12.4. The summed E-state index contributed by atoms with van der Waals surface area (Å²) in [4.78, 5) is 2.63. The lowest BCUT2D eigenvalue weighted by Crippen LogP contribution is -2.00. The zero-order valence-electron chi connectivity index (χ0n) is 6.06. The number of pyridine rings is 1. The molecule has 68 valence electrons. The third-order valence-corrected chi connectivity index (χ3v) is 1.29. The van der Waals surface area contributed by atoms with E-state index >= 15 is 0 Å². The Morgan fingerprint density at radius 1 is 1.38 bits per heavy atom. The third kappa shape index (κ3) is 1.75. The van der Waals surface area contributed by atoms with Crippen molar-refractivity contribution in [1.82, 2.24) is 4.98 Å². The Hall–Kier alpha value is -1.64. The first-order valence-electron chi connectivity index (χ1n) is 3.10. The highest BCUT2D eigenvalue weighted by Gasteiger charge is 2.18. The van der Waals surface area contributed by atoms with Gasteiger partial charge in [0.2, 0.25) is 5.95 Å². The summed E-state index contributed by atoms with van der Waals surface area (Å²) in [5.74, 6) is -3.05. The molecule has 0 unspecified atom stereocenters. The molecule has 1 heterocycles. The monoisotopic (exact) mass is 190 g/mol. The lowest BCUT2D eigenvalue weighted by atomic mass is 10.2. The summed E-state index contributed by atoms with van der Waals surface area (Å²) in [6.45, 7) is 0. The topological polar surface area (TPSA) is 36.7 Å². The molecule has 0 saturated carbocycles. The minimum Gasteiger partial charge on any atom is -0.215 e. The Morgan fingerprint density at radius 2 is 2.00 bits per heavy atom. The zero-order valence-corrected chi connectivity index (χ0v) is 6.06. The zero-order chi connectivity index (χ0) is 10.0. The van der Waals surface area contributed by atoms with Gasteiger partial charge in [0.05, 0.1) is 5.56 Å². The van der Waals surface area contributed by atoms with E-state index in [9.17, 15) is 17.6 Å². The van der Waals surface area contributed by atoms with Crippen LogP contribution in [0.5, 0.6) is 0 Å². The van der Waals surface area contributed by atoms with Gasteiger partial charge in [-0.3, -0.25) is 0 Å². The van der Waals surface area contributed by atoms with Gasteiger partial charge in [-0.2, -0.15) is 9.65 Å². The van der Waals surface area contributed by atoms with Crippen LogP contribution in [-0.4, -0.2) is 4.98 Å². The van der Waals surface area contributed by atoms with E-state index in [-0.39, 0.29) is 0 Å². The van der Waals surface area contributed by atoms with E-state index in [2.05, 4.69) is 4.98 Å². The Morgan fingerprint density at radius 3 is 2.46 bits per heavy atom. The molecule has 0 aromatic carbocycles. The van der Waals surface area contributed by atoms with Crippen LogP contribution >= 0.6 is 0 Å². The van der Waals surface area contributed by atoms with E-state index in [4.69, 9.17) is 5.26 Å². The van der Waals surface area contributed by atoms with E-state index < -0.39 is 29.4 Å². The molecule has 0 aliphatic carbocycles. The normalized spacial score (nSPS) is 10.2. The van der Waals surface area contributed by atoms with Crippen LogP contribution in [0.3, 0.4) is 0 Å². The molecule has 0 saturated heterocycles. The number of rotatable bonds is 1. The summed E-state index contributed by atoms with van der Waals surface area (Å²) >= 11 is 0. The summed E-state index contributed by atoms with van der Waals surface area (Å²) in [5.41, 5.74) is -1.70. The smallest absolute Gasteiger partial charge is 0.215 e. The largest absolute Gasteiger partial charge is 0.281 e. The molecule has 0 N–H and O–H groups in total. The molecular weight excluding hydrogens is 188 g/mol. The second-order valence-electron chi connectivity index (χ2n) is 2.11. The average molecular weight is 190 g/mol. The molecule has 6 heteroatoms. The number of hydrogen-bond donors (Lipinski definition) is 0. The lowest BCUT2D eigenvalue weighted by molar-refractivity contribution is 0.144. The minimum absolute atomic E-state index is 0.393. The molecule has 1 rings (SSSR count). The summed E-state index contributed by atoms with van der Waals surface area (Å²) in [7, 11) is 0. The van der Waals surface area contributed by atoms with Gasteiger partial charge in [0, 0.05) is 0 Å². The highest BCUT2D eigenvalue weighted by molar-refractivity contribution is 5.33. The first-order chi connectivity index (χ1) is 6.06. The maximum Gasteiger partial charge on any atom is 0.281 e. The first kappa shape index (κ1) is 9.45. The number of halogens is 4. The van der Waals surface area contributed by atoms with Crippen LogP contribution in [-0.2, 0) is 0 Å². The van der Waals surface area contributed by atoms with Crippen LogP contribution in [0.15, 0.2) is 6.07 Å². The highest BCUT2D eigenvalue weighted by atomic mass is 19.3. The van der Waals surface area contributed by atoms with E-state index in [1.165, 1.54) is 6.07 Å². The van der Waals surface area contributed by atoms with E-state index in [1.54, 1.807) is 0 Å². The highest BCUT2D eigenvalue weighted by Crippen LogP contribution is 2.21. The van der Waals surface area contributed by atoms with Crippen LogP contribution in [0.2, 0.25) is 0 Å². The molecule has 0 bridgehead atoms. The quantitative estimate of drug-likeness (QED) is 0.502. The predicted molar refractivity (Wildman–Crippen MR) is 33.8 cm³/mol. The molecule has 0 amide bonds. The van der Waals surface area contributed by atoms with Gasteiger partial charge in [-0.1, -0.05) is 0 Å². The lowest BCUT2D eigenvalue weighted by Gasteiger charge is -2.01. The predicted octanol–water partition coefficient (Wildman–Crippen LogP) is 2.17. The SMILES string of the molecule is N#Cc1cc(F)c(F)nc1C(F)F. The van der Waals surface area contributed by atoms with Gasteiger partial charge in [-0.25, -0.2) is 18.2 Å². The van der Waals surface area contributed by atoms with Crippen molar-refractivity contribution >= 4 is 0 Å². The van der Waals surface area contributed by atoms with Crippen molar-refractivity contribution in [3.8, 4) is 6.07 Å². The van der Waals surface area contributed by atoms with Crippen molar-refractivity contribution in [1.29, 1.82) is 5.26 Å². The van der Waals surface area contributed by atoms with E-state index in [1.807, 2.05) is 0 Å². The van der Waals surface area contributed by atoms with Gasteiger partial charge >= 0.3 is 0 Å². The van der Waals surface area contributed by atoms with E-state index in [0.29, 0.717) is 6.07 Å². The molecule has 0 atom stereocenters. The molecule has 2 nitrogen and oxygen atoms in total. The number of hydrogen-bond acceptors (Lipinski definition) is 2. The molecule has 1 aromatic rings. The fraction of sp³-hybridized carbons (Fsp3) is 0.143. The van der Waals surface area contributed by atoms with E-state index in [0.717, 1.165) is 0 Å². The third-order valence-electron chi connectivity index (χ3n) is 1.29. The molecule has 0 spiro atoms. The summed E-state index contributed by atoms with van der Waals surface area (Å²) in [6, 6.07) is 1.69. The second kappa shape index (κ2) is 3.39. The van der Waals surface area contributed by atoms with Crippen molar-refractivity contribution in [3.63, 3.8) is 0 Å². The minimum atomic E-state index is -3.09. The van der Waals surface area contributed by atoms with Crippen LogP contribution in [0.1, 0.15) is 17.7 Å². The van der Waals surface area contributed by atoms with Crippen molar-refractivity contribution in [2.24, 2.45) is 0 Å². The van der Waals surface area contributed by atoms with Gasteiger partial charge in [0.1, 0.15) is 11.8 Å². The molecule has 13 heavy (non-hydrogen) atoms. The van der Waals surface area contributed by atoms with Gasteiger partial charge in [-0.05, 0) is 6.07 Å². The molecular formula is C7H2F4N2. The number of nitrogens with zero attached hydrogens (tertiary/aromatic N) is 2. The first-order valence-corrected chi connectivity index (χ1v) is 3.10. The van der Waals surface area contributed by atoms with Gasteiger partial charge < -0.3 is 0 Å². The summed E-state index contributed by atoms with van der Waals surface area (Å²) in [5, 5.41) is 8.27. The fourth-order valence-corrected chi connectivity index (χ4v) is 0.735. The van der Waals surface area contributed by atoms with Crippen LogP contribution in [0.25, 0.3) is 0 Å². The van der Waals surface area contributed by atoms with Crippen molar-refractivity contribution < 1.29 is 17.6 Å². The fourth-order valence-electron chi connectivity index (χ4n) is 0.735. The van der Waals surface area contributed by atoms with Crippen LogP contribution in [0, 0.1) is 23.1 Å². The summed E-state index contributed by atoms with van der Waals surface area (Å²) < 4.78 is 48.8. The Bertz CT molecular complexity index is 369. The number of alkyl halides is 2. The summed E-state index contributed by atoms with van der Waals surface area (Å²) in [6.07, 6.45) is -3.09. The maximum absolute atomic E-state index is 12.4. The second-order valence-corrected chi connectivity index (χ2v) is 2.11. The molecule has 1 aromatic heterocycles. The van der Waals surface area contributed by atoms with Gasteiger partial charge in [0.25, 0.3) is 6.43 Å². The molecule has 0 fully saturated rings. The van der Waals surface area contributed by atoms with Crippen LogP contribution < -0.4 is 0 Å². The Labute approximate surface area is 70.4 Å². The molecule has 0 aliphatic heterocycles. The molecule has 0 radical (unpaired) electrons. The van der Waals surface area contributed by atoms with Crippen LogP contribution in [0.4, 0.5) is 17.6 Å². The van der Waals surface area contributed by atoms with Crippen molar-refractivity contribution in [2.45, 2.75) is 6.43 Å². The Balaban J connectivity index is 3.35. The molecule has 0 aliphatic rings. The van der Waals surface area contributed by atoms with Crippen molar-refractivity contribution in [2.75, 3.05) is 0 Å². The Kier molecular flexibility index (Phi) is 2.46. The van der Waals surface area contributed by atoms with Gasteiger partial charge in [0.15, 0.2) is 5.82 Å². The van der Waals surface area contributed by atoms with Crippen molar-refractivity contribution in [3.05, 3.63) is 29.1 Å². The standard InChI is InChI=1S/C7H2F4N2/c8-4-1-3(2-12)5(6(9)10)13-7(4)11/h1,6H. The van der Waals surface area contributed by atoms with Gasteiger partial charge in [-0.15, -0.1) is 0 Å². The number of nitriles is 1. The number of aromatic nitrogens is 1. The average Bonchev–Trinajstić information content (AvgIpc) is 2.08.